The van der Waals surface area contributed by atoms with Crippen LogP contribution in [-0.4, -0.2) is 6.54 Å². The van der Waals surface area contributed by atoms with Crippen LogP contribution >= 0.6 is 11.3 Å². The van der Waals surface area contributed by atoms with E-state index in [-0.39, 0.29) is 0 Å². The quantitative estimate of drug-likeness (QED) is 0.609. The highest BCUT2D eigenvalue weighted by atomic mass is 32.1. The summed E-state index contributed by atoms with van der Waals surface area (Å²) >= 11 is 2.08. The van der Waals surface area contributed by atoms with Gasteiger partial charge in [-0.2, -0.15) is 0 Å². The molecule has 108 valence electrons. The molecule has 1 aromatic rings. The first kappa shape index (κ1) is 15.1. The van der Waals surface area contributed by atoms with Gasteiger partial charge in [0.1, 0.15) is 0 Å². The van der Waals surface area contributed by atoms with Crippen LogP contribution in [0.15, 0.2) is 6.07 Å². The molecule has 1 heterocycles. The van der Waals surface area contributed by atoms with Crippen molar-refractivity contribution in [2.45, 2.75) is 77.7 Å². The van der Waals surface area contributed by atoms with Gasteiger partial charge in [-0.05, 0) is 50.3 Å². The molecule has 2 heteroatoms. The highest BCUT2D eigenvalue weighted by Crippen LogP contribution is 2.35. The first-order valence-electron chi connectivity index (χ1n) is 8.20. The molecule has 0 aliphatic heterocycles. The van der Waals surface area contributed by atoms with Crippen molar-refractivity contribution < 1.29 is 0 Å². The standard InChI is InChI=1S/C17H29NS/c1-3-5-6-7-10-15(18-12-4-2)17-13-14-9-8-11-16(14)19-17/h13,15,18H,3-12H2,1-2H3. The van der Waals surface area contributed by atoms with Crippen molar-refractivity contribution in [2.24, 2.45) is 0 Å². The first-order valence-corrected chi connectivity index (χ1v) is 9.01. The number of hydrogen-bond acceptors (Lipinski definition) is 2. The van der Waals surface area contributed by atoms with Crippen molar-refractivity contribution in [1.29, 1.82) is 0 Å². The highest BCUT2D eigenvalue weighted by molar-refractivity contribution is 7.12. The van der Waals surface area contributed by atoms with E-state index >= 15 is 0 Å². The summed E-state index contributed by atoms with van der Waals surface area (Å²) in [7, 11) is 0. The van der Waals surface area contributed by atoms with E-state index in [2.05, 4.69) is 36.6 Å². The van der Waals surface area contributed by atoms with Crippen LogP contribution in [0, 0.1) is 0 Å². The second-order valence-corrected chi connectivity index (χ2v) is 6.98. The molecule has 0 saturated heterocycles. The van der Waals surface area contributed by atoms with Gasteiger partial charge in [0.25, 0.3) is 0 Å². The van der Waals surface area contributed by atoms with Gasteiger partial charge >= 0.3 is 0 Å². The number of aryl methyl sites for hydroxylation is 2. The third-order valence-electron chi connectivity index (χ3n) is 4.10. The van der Waals surface area contributed by atoms with Crippen molar-refractivity contribution in [3.8, 4) is 0 Å². The van der Waals surface area contributed by atoms with E-state index in [0.29, 0.717) is 6.04 Å². The lowest BCUT2D eigenvalue weighted by Crippen LogP contribution is -2.21. The lowest BCUT2D eigenvalue weighted by Gasteiger charge is -2.17. The smallest absolute Gasteiger partial charge is 0.0414 e. The predicted octanol–water partition coefficient (Wildman–Crippen LogP) is 5.25. The van der Waals surface area contributed by atoms with Gasteiger partial charge in [-0.1, -0.05) is 39.5 Å². The van der Waals surface area contributed by atoms with Crippen LogP contribution in [0.2, 0.25) is 0 Å². The minimum atomic E-state index is 0.618. The molecule has 0 fully saturated rings. The van der Waals surface area contributed by atoms with Crippen LogP contribution in [0.25, 0.3) is 0 Å². The fourth-order valence-corrected chi connectivity index (χ4v) is 4.33. The summed E-state index contributed by atoms with van der Waals surface area (Å²) in [5.41, 5.74) is 1.65. The second kappa shape index (κ2) is 8.06. The van der Waals surface area contributed by atoms with Crippen molar-refractivity contribution in [3.63, 3.8) is 0 Å². The Bertz CT molecular complexity index is 348. The molecule has 1 atom stereocenters. The summed E-state index contributed by atoms with van der Waals surface area (Å²) in [6.45, 7) is 5.70. The summed E-state index contributed by atoms with van der Waals surface area (Å²) in [4.78, 5) is 3.28. The zero-order chi connectivity index (χ0) is 13.5. The zero-order valence-electron chi connectivity index (χ0n) is 12.6. The fraction of sp³-hybridized carbons (Fsp3) is 0.765. The van der Waals surface area contributed by atoms with Gasteiger partial charge in [-0.3, -0.25) is 0 Å². The van der Waals surface area contributed by atoms with Gasteiger partial charge in [0.05, 0.1) is 0 Å². The number of unbranched alkanes of at least 4 members (excludes halogenated alkanes) is 3. The third-order valence-corrected chi connectivity index (χ3v) is 5.45. The van der Waals surface area contributed by atoms with Crippen LogP contribution in [-0.2, 0) is 12.8 Å². The molecule has 0 bridgehead atoms. The second-order valence-electron chi connectivity index (χ2n) is 5.81. The van der Waals surface area contributed by atoms with Crippen LogP contribution in [0.5, 0.6) is 0 Å². The van der Waals surface area contributed by atoms with Gasteiger partial charge in [-0.25, -0.2) is 0 Å². The molecule has 1 aromatic heterocycles. The van der Waals surface area contributed by atoms with E-state index < -0.39 is 0 Å². The van der Waals surface area contributed by atoms with Gasteiger partial charge < -0.3 is 5.32 Å². The predicted molar refractivity (Wildman–Crippen MR) is 86.1 cm³/mol. The molecule has 0 saturated carbocycles. The molecule has 0 spiro atoms. The monoisotopic (exact) mass is 279 g/mol. The Morgan fingerprint density at radius 3 is 2.79 bits per heavy atom. The summed E-state index contributed by atoms with van der Waals surface area (Å²) < 4.78 is 0. The summed E-state index contributed by atoms with van der Waals surface area (Å²) in [6, 6.07) is 3.12. The first-order chi connectivity index (χ1) is 9.35. The number of fused-ring (bicyclic) bond motifs is 1. The summed E-state index contributed by atoms with van der Waals surface area (Å²) in [5, 5.41) is 3.76. The molecular weight excluding hydrogens is 250 g/mol. The van der Waals surface area contributed by atoms with E-state index in [9.17, 15) is 0 Å². The SMILES string of the molecule is CCCCCCC(NCCC)c1cc2c(s1)CCC2. The number of rotatable bonds is 9. The Labute approximate surface area is 122 Å². The fourth-order valence-electron chi connectivity index (χ4n) is 2.96. The van der Waals surface area contributed by atoms with Gasteiger partial charge in [0, 0.05) is 15.8 Å². The van der Waals surface area contributed by atoms with Crippen LogP contribution in [0.4, 0.5) is 0 Å². The van der Waals surface area contributed by atoms with E-state index in [1.807, 2.05) is 0 Å². The largest absolute Gasteiger partial charge is 0.309 e. The number of thiophene rings is 1. The summed E-state index contributed by atoms with van der Waals surface area (Å²) in [5.74, 6) is 0. The van der Waals surface area contributed by atoms with Crippen molar-refractivity contribution in [1.82, 2.24) is 5.32 Å². The van der Waals surface area contributed by atoms with Gasteiger partial charge in [0.15, 0.2) is 0 Å². The normalized spacial score (nSPS) is 15.7. The maximum absolute atomic E-state index is 3.76. The Kier molecular flexibility index (Phi) is 6.39. The Balaban J connectivity index is 1.91. The minimum absolute atomic E-state index is 0.618. The Hall–Kier alpha value is -0.340. The molecule has 0 radical (unpaired) electrons. The molecule has 19 heavy (non-hydrogen) atoms. The molecular formula is C17H29NS. The lowest BCUT2D eigenvalue weighted by atomic mass is 10.0. The molecule has 1 aliphatic rings. The average molecular weight is 279 g/mol. The average Bonchev–Trinajstić information content (AvgIpc) is 2.99. The van der Waals surface area contributed by atoms with Crippen LogP contribution < -0.4 is 5.32 Å². The molecule has 1 unspecified atom stereocenters. The minimum Gasteiger partial charge on any atom is -0.309 e. The molecule has 1 N–H and O–H groups in total. The molecule has 2 rings (SSSR count). The van der Waals surface area contributed by atoms with Crippen LogP contribution in [0.3, 0.4) is 0 Å². The van der Waals surface area contributed by atoms with E-state index in [1.54, 1.807) is 15.3 Å². The van der Waals surface area contributed by atoms with Gasteiger partial charge in [0.2, 0.25) is 0 Å². The van der Waals surface area contributed by atoms with Crippen molar-refractivity contribution in [3.05, 3.63) is 21.4 Å². The van der Waals surface area contributed by atoms with Crippen molar-refractivity contribution in [2.75, 3.05) is 6.54 Å². The lowest BCUT2D eigenvalue weighted by molar-refractivity contribution is 0.476. The topological polar surface area (TPSA) is 12.0 Å². The van der Waals surface area contributed by atoms with E-state index in [0.717, 1.165) is 6.54 Å². The maximum Gasteiger partial charge on any atom is 0.0414 e. The Morgan fingerprint density at radius 1 is 1.16 bits per heavy atom. The molecule has 0 aromatic carbocycles. The van der Waals surface area contributed by atoms with Gasteiger partial charge in [-0.15, -0.1) is 11.3 Å². The van der Waals surface area contributed by atoms with E-state index in [1.165, 1.54) is 57.8 Å². The van der Waals surface area contributed by atoms with Crippen molar-refractivity contribution >= 4 is 11.3 Å². The molecule has 0 amide bonds. The zero-order valence-corrected chi connectivity index (χ0v) is 13.5. The molecule has 1 nitrogen and oxygen atoms in total. The third kappa shape index (κ3) is 4.32. The summed E-state index contributed by atoms with van der Waals surface area (Å²) in [6.07, 6.45) is 12.1. The van der Waals surface area contributed by atoms with Crippen LogP contribution in [0.1, 0.15) is 80.2 Å². The number of nitrogens with one attached hydrogen (secondary N) is 1. The Morgan fingerprint density at radius 2 is 2.05 bits per heavy atom. The molecule has 1 aliphatic carbocycles. The highest BCUT2D eigenvalue weighted by Gasteiger charge is 2.19. The number of hydrogen-bond donors (Lipinski definition) is 1. The van der Waals surface area contributed by atoms with E-state index in [4.69, 9.17) is 0 Å². The maximum atomic E-state index is 3.76.